The van der Waals surface area contributed by atoms with Crippen LogP contribution in [-0.4, -0.2) is 24.7 Å². The first kappa shape index (κ1) is 9.11. The molecular weight excluding hydrogens is 149 g/mol. The summed E-state index contributed by atoms with van der Waals surface area (Å²) in [6.07, 6.45) is 0. The molecule has 64 valence electrons. The molecular formula is C9H14BNO. The minimum absolute atomic E-state index is 0.0127. The summed E-state index contributed by atoms with van der Waals surface area (Å²) in [4.78, 5) is 13.1. The van der Waals surface area contributed by atoms with E-state index in [0.717, 1.165) is 5.57 Å². The quantitative estimate of drug-likeness (QED) is 0.407. The van der Waals surface area contributed by atoms with Crippen LogP contribution in [0, 0.1) is 5.92 Å². The Bertz CT molecular complexity index is 257. The van der Waals surface area contributed by atoms with Crippen molar-refractivity contribution in [3.05, 3.63) is 24.3 Å². The van der Waals surface area contributed by atoms with Gasteiger partial charge in [-0.1, -0.05) is 27.0 Å². The standard InChI is InChI=1S/C9H14BNO/c1-5(2)8-6(3)7(4)9(12)11(8)10/h5,8H,3-4,10H2,1-2H3. The van der Waals surface area contributed by atoms with Gasteiger partial charge >= 0.3 is 0 Å². The molecule has 0 aromatic carbocycles. The highest BCUT2D eigenvalue weighted by molar-refractivity contribution is 6.21. The minimum atomic E-state index is 0.0127. The van der Waals surface area contributed by atoms with Gasteiger partial charge in [-0.15, -0.1) is 0 Å². The maximum absolute atomic E-state index is 11.4. The summed E-state index contributed by atoms with van der Waals surface area (Å²) < 4.78 is 0. The van der Waals surface area contributed by atoms with Gasteiger partial charge in [0.15, 0.2) is 0 Å². The highest BCUT2D eigenvalue weighted by atomic mass is 16.2. The molecule has 12 heavy (non-hydrogen) atoms. The zero-order valence-electron chi connectivity index (χ0n) is 7.92. The van der Waals surface area contributed by atoms with E-state index >= 15 is 0 Å². The molecule has 0 spiro atoms. The molecule has 1 saturated heterocycles. The Morgan fingerprint density at radius 1 is 1.50 bits per heavy atom. The van der Waals surface area contributed by atoms with Gasteiger partial charge in [-0.3, -0.25) is 4.79 Å². The summed E-state index contributed by atoms with van der Waals surface area (Å²) in [5.41, 5.74) is 1.44. The number of hydrogen-bond acceptors (Lipinski definition) is 1. The van der Waals surface area contributed by atoms with Crippen molar-refractivity contribution in [2.24, 2.45) is 5.92 Å². The van der Waals surface area contributed by atoms with E-state index in [-0.39, 0.29) is 11.9 Å². The summed E-state index contributed by atoms with van der Waals surface area (Å²) >= 11 is 0. The SMILES string of the molecule is BN1C(=O)C(=C)C(=C)C1C(C)C. The Kier molecular flexibility index (Phi) is 2.13. The van der Waals surface area contributed by atoms with Crippen LogP contribution in [-0.2, 0) is 4.79 Å². The number of amides is 1. The van der Waals surface area contributed by atoms with Crippen LogP contribution in [0.4, 0.5) is 0 Å². The number of nitrogens with zero attached hydrogens (tertiary/aromatic N) is 1. The van der Waals surface area contributed by atoms with Gasteiger partial charge in [0.25, 0.3) is 0 Å². The Hall–Kier alpha value is -0.985. The summed E-state index contributed by atoms with van der Waals surface area (Å²) in [7, 11) is 1.80. The van der Waals surface area contributed by atoms with E-state index in [1.54, 1.807) is 12.8 Å². The molecule has 1 amide bonds. The third kappa shape index (κ3) is 1.09. The molecule has 1 atom stereocenters. The van der Waals surface area contributed by atoms with Crippen LogP contribution in [0.1, 0.15) is 13.8 Å². The third-order valence-corrected chi connectivity index (χ3v) is 2.37. The molecule has 0 aromatic rings. The van der Waals surface area contributed by atoms with Crippen LogP contribution in [0.5, 0.6) is 0 Å². The Morgan fingerprint density at radius 3 is 2.17 bits per heavy atom. The first-order valence-electron chi connectivity index (χ1n) is 4.12. The van der Waals surface area contributed by atoms with Crippen LogP contribution in [0.15, 0.2) is 24.3 Å². The summed E-state index contributed by atoms with van der Waals surface area (Å²) in [5, 5.41) is 0. The van der Waals surface area contributed by atoms with Crippen molar-refractivity contribution >= 4 is 13.9 Å². The van der Waals surface area contributed by atoms with Crippen molar-refractivity contribution in [1.82, 2.24) is 4.81 Å². The second-order valence-electron chi connectivity index (χ2n) is 3.61. The topological polar surface area (TPSA) is 20.3 Å². The number of rotatable bonds is 1. The summed E-state index contributed by atoms with van der Waals surface area (Å²) in [6, 6.07) is 0.144. The zero-order valence-corrected chi connectivity index (χ0v) is 7.92. The van der Waals surface area contributed by atoms with Gasteiger partial charge in [0.2, 0.25) is 13.9 Å². The van der Waals surface area contributed by atoms with Crippen LogP contribution >= 0.6 is 0 Å². The predicted molar refractivity (Wildman–Crippen MR) is 52.3 cm³/mol. The second kappa shape index (κ2) is 2.81. The number of hydrogen-bond donors (Lipinski definition) is 0. The average Bonchev–Trinajstić information content (AvgIpc) is 2.16. The molecule has 0 aliphatic carbocycles. The lowest BCUT2D eigenvalue weighted by molar-refractivity contribution is -0.122. The molecule has 0 N–H and O–H groups in total. The van der Waals surface area contributed by atoms with Gasteiger partial charge in [0, 0.05) is 11.6 Å². The molecule has 1 fully saturated rings. The fourth-order valence-corrected chi connectivity index (χ4v) is 1.74. The first-order chi connectivity index (χ1) is 5.46. The maximum atomic E-state index is 11.4. The van der Waals surface area contributed by atoms with Gasteiger partial charge in [-0.25, -0.2) is 0 Å². The van der Waals surface area contributed by atoms with Crippen LogP contribution in [0.3, 0.4) is 0 Å². The van der Waals surface area contributed by atoms with Crippen molar-refractivity contribution in [1.29, 1.82) is 0 Å². The lowest BCUT2D eigenvalue weighted by Crippen LogP contribution is -2.34. The predicted octanol–water partition coefficient (Wildman–Crippen LogP) is 0.514. The van der Waals surface area contributed by atoms with E-state index in [1.165, 1.54) is 0 Å². The minimum Gasteiger partial charge on any atom is -0.383 e. The zero-order chi connectivity index (χ0) is 9.46. The molecule has 1 aliphatic rings. The number of carbonyl (C=O) groups is 1. The molecule has 2 nitrogen and oxygen atoms in total. The molecule has 0 bridgehead atoms. The van der Waals surface area contributed by atoms with Crippen molar-refractivity contribution in [2.45, 2.75) is 19.9 Å². The van der Waals surface area contributed by atoms with Crippen molar-refractivity contribution in [3.63, 3.8) is 0 Å². The largest absolute Gasteiger partial charge is 0.383 e. The maximum Gasteiger partial charge on any atom is 0.241 e. The normalized spacial score (nSPS) is 24.4. The Labute approximate surface area is 74.4 Å². The van der Waals surface area contributed by atoms with Crippen LogP contribution in [0.2, 0.25) is 0 Å². The van der Waals surface area contributed by atoms with Gasteiger partial charge in [0.1, 0.15) is 0 Å². The molecule has 3 heteroatoms. The molecule has 1 aliphatic heterocycles. The fraction of sp³-hybridized carbons (Fsp3) is 0.444. The average molecular weight is 163 g/mol. The van der Waals surface area contributed by atoms with Gasteiger partial charge in [-0.05, 0) is 11.5 Å². The molecule has 1 unspecified atom stereocenters. The molecule has 1 rings (SSSR count). The lowest BCUT2D eigenvalue weighted by Gasteiger charge is -2.24. The molecule has 0 radical (unpaired) electrons. The Morgan fingerprint density at radius 2 is 2.00 bits per heavy atom. The highest BCUT2D eigenvalue weighted by Gasteiger charge is 2.35. The fourth-order valence-electron chi connectivity index (χ4n) is 1.74. The van der Waals surface area contributed by atoms with Crippen LogP contribution < -0.4 is 0 Å². The van der Waals surface area contributed by atoms with Crippen molar-refractivity contribution in [3.8, 4) is 0 Å². The first-order valence-corrected chi connectivity index (χ1v) is 4.12. The smallest absolute Gasteiger partial charge is 0.241 e. The summed E-state index contributed by atoms with van der Waals surface area (Å²) in [5.74, 6) is 0.421. The Balaban J connectivity index is 2.99. The molecule has 0 aromatic heterocycles. The molecule has 0 saturated carbocycles. The lowest BCUT2D eigenvalue weighted by atomic mass is 9.95. The van der Waals surface area contributed by atoms with Gasteiger partial charge in [0.05, 0.1) is 0 Å². The second-order valence-corrected chi connectivity index (χ2v) is 3.61. The van der Waals surface area contributed by atoms with Crippen molar-refractivity contribution in [2.75, 3.05) is 0 Å². The van der Waals surface area contributed by atoms with Gasteiger partial charge < -0.3 is 4.81 Å². The number of carbonyl (C=O) groups excluding carboxylic acids is 1. The van der Waals surface area contributed by atoms with E-state index in [4.69, 9.17) is 0 Å². The molecule has 1 heterocycles. The van der Waals surface area contributed by atoms with E-state index in [2.05, 4.69) is 27.0 Å². The van der Waals surface area contributed by atoms with E-state index in [1.807, 2.05) is 0 Å². The van der Waals surface area contributed by atoms with Gasteiger partial charge in [-0.2, -0.15) is 0 Å². The van der Waals surface area contributed by atoms with Crippen molar-refractivity contribution < 1.29 is 4.79 Å². The summed E-state index contributed by atoms with van der Waals surface area (Å²) in [6.45, 7) is 11.7. The highest BCUT2D eigenvalue weighted by Crippen LogP contribution is 2.30. The van der Waals surface area contributed by atoms with E-state index < -0.39 is 0 Å². The monoisotopic (exact) mass is 163 g/mol. The third-order valence-electron chi connectivity index (χ3n) is 2.37. The van der Waals surface area contributed by atoms with Crippen LogP contribution in [0.25, 0.3) is 0 Å². The van der Waals surface area contributed by atoms with E-state index in [0.29, 0.717) is 11.5 Å². The van der Waals surface area contributed by atoms with E-state index in [9.17, 15) is 4.79 Å².